The summed E-state index contributed by atoms with van der Waals surface area (Å²) in [6, 6.07) is 11.1. The lowest BCUT2D eigenvalue weighted by Crippen LogP contribution is -2.52. The van der Waals surface area contributed by atoms with E-state index >= 15 is 0 Å². The van der Waals surface area contributed by atoms with E-state index in [4.69, 9.17) is 0 Å². The van der Waals surface area contributed by atoms with Crippen LogP contribution in [-0.2, 0) is 4.79 Å². The van der Waals surface area contributed by atoms with Gasteiger partial charge in [0, 0.05) is 26.7 Å². The number of nitrogens with zero attached hydrogens (tertiary/aromatic N) is 3. The highest BCUT2D eigenvalue weighted by Crippen LogP contribution is 2.44. The molecule has 4 nitrogen and oxygen atoms in total. The zero-order valence-corrected chi connectivity index (χ0v) is 16.8. The van der Waals surface area contributed by atoms with E-state index in [1.165, 1.54) is 37.9 Å². The molecular formula is C22H35N3O. The highest BCUT2D eigenvalue weighted by Gasteiger charge is 2.42. The third-order valence-corrected chi connectivity index (χ3v) is 6.61. The van der Waals surface area contributed by atoms with Gasteiger partial charge < -0.3 is 9.80 Å². The fraction of sp³-hybridized carbons (Fsp3) is 0.682. The van der Waals surface area contributed by atoms with Gasteiger partial charge in [0.2, 0.25) is 5.91 Å². The van der Waals surface area contributed by atoms with Gasteiger partial charge in [-0.2, -0.15) is 0 Å². The lowest BCUT2D eigenvalue weighted by atomic mass is 9.68. The van der Waals surface area contributed by atoms with Crippen molar-refractivity contribution in [2.75, 3.05) is 52.9 Å². The van der Waals surface area contributed by atoms with Crippen LogP contribution in [0, 0.1) is 5.41 Å². The van der Waals surface area contributed by atoms with Crippen molar-refractivity contribution in [3.63, 3.8) is 0 Å². The Labute approximate surface area is 159 Å². The Morgan fingerprint density at radius 3 is 2.46 bits per heavy atom. The van der Waals surface area contributed by atoms with Crippen LogP contribution in [0.15, 0.2) is 30.3 Å². The highest BCUT2D eigenvalue weighted by molar-refractivity contribution is 5.77. The molecule has 1 amide bonds. The van der Waals surface area contributed by atoms with E-state index < -0.39 is 0 Å². The quantitative estimate of drug-likeness (QED) is 0.810. The average Bonchev–Trinajstić information content (AvgIpc) is 2.69. The molecule has 0 unspecified atom stereocenters. The van der Waals surface area contributed by atoms with E-state index in [9.17, 15) is 4.79 Å². The molecule has 26 heavy (non-hydrogen) atoms. The van der Waals surface area contributed by atoms with Gasteiger partial charge in [-0.3, -0.25) is 9.69 Å². The summed E-state index contributed by atoms with van der Waals surface area (Å²) in [6.07, 6.45) is 3.73. The Bertz CT molecular complexity index is 580. The van der Waals surface area contributed by atoms with Crippen LogP contribution in [0.4, 0.5) is 0 Å². The van der Waals surface area contributed by atoms with E-state index in [0.717, 1.165) is 26.2 Å². The van der Waals surface area contributed by atoms with Gasteiger partial charge in [-0.15, -0.1) is 0 Å². The summed E-state index contributed by atoms with van der Waals surface area (Å²) in [5.74, 6) is 0.897. The normalized spacial score (nSPS) is 23.9. The monoisotopic (exact) mass is 357 g/mol. The number of amides is 1. The summed E-state index contributed by atoms with van der Waals surface area (Å²) in [7, 11) is 1.90. The maximum absolute atomic E-state index is 12.2. The second-order valence-electron chi connectivity index (χ2n) is 8.32. The number of carbonyl (C=O) groups is 1. The first-order chi connectivity index (χ1) is 12.5. The van der Waals surface area contributed by atoms with Crippen molar-refractivity contribution in [1.29, 1.82) is 0 Å². The number of piperidine rings is 2. The first-order valence-electron chi connectivity index (χ1n) is 10.3. The van der Waals surface area contributed by atoms with Crippen LogP contribution < -0.4 is 0 Å². The van der Waals surface area contributed by atoms with Crippen LogP contribution in [0.25, 0.3) is 0 Å². The predicted octanol–water partition coefficient (Wildman–Crippen LogP) is 3.06. The SMILES string of the molecule is CCN1C[C@H](c2ccccc2)CC2(CCN(CC(=O)N(C)CC)CC2)C1. The molecule has 4 heteroatoms. The first kappa shape index (κ1) is 19.4. The van der Waals surface area contributed by atoms with Gasteiger partial charge >= 0.3 is 0 Å². The molecule has 0 radical (unpaired) electrons. The van der Waals surface area contributed by atoms with Crippen LogP contribution in [-0.4, -0.2) is 73.5 Å². The third-order valence-electron chi connectivity index (χ3n) is 6.61. The maximum atomic E-state index is 12.2. The van der Waals surface area contributed by atoms with Crippen molar-refractivity contribution in [2.45, 2.75) is 39.0 Å². The minimum Gasteiger partial charge on any atom is -0.345 e. The number of rotatable bonds is 5. The second kappa shape index (κ2) is 8.53. The lowest BCUT2D eigenvalue weighted by molar-refractivity contribution is -0.131. The van der Waals surface area contributed by atoms with Crippen LogP contribution in [0.5, 0.6) is 0 Å². The Kier molecular flexibility index (Phi) is 6.36. The maximum Gasteiger partial charge on any atom is 0.236 e. The number of benzene rings is 1. The molecule has 144 valence electrons. The Morgan fingerprint density at radius 1 is 1.15 bits per heavy atom. The molecule has 2 fully saturated rings. The summed E-state index contributed by atoms with van der Waals surface area (Å²) < 4.78 is 0. The molecule has 1 spiro atoms. The number of hydrogen-bond acceptors (Lipinski definition) is 3. The van der Waals surface area contributed by atoms with Crippen LogP contribution in [0.2, 0.25) is 0 Å². The number of hydrogen-bond donors (Lipinski definition) is 0. The van der Waals surface area contributed by atoms with Crippen LogP contribution >= 0.6 is 0 Å². The third kappa shape index (κ3) is 4.47. The Balaban J connectivity index is 1.63. The molecule has 1 aromatic rings. The zero-order chi connectivity index (χ0) is 18.6. The smallest absolute Gasteiger partial charge is 0.236 e. The van der Waals surface area contributed by atoms with Gasteiger partial charge in [0.15, 0.2) is 0 Å². The summed E-state index contributed by atoms with van der Waals surface area (Å²) >= 11 is 0. The molecule has 2 aliphatic heterocycles. The summed E-state index contributed by atoms with van der Waals surface area (Å²) in [4.78, 5) is 19.1. The summed E-state index contributed by atoms with van der Waals surface area (Å²) in [5, 5.41) is 0. The lowest BCUT2D eigenvalue weighted by Gasteiger charge is -2.50. The minimum atomic E-state index is 0.254. The largest absolute Gasteiger partial charge is 0.345 e. The zero-order valence-electron chi connectivity index (χ0n) is 16.8. The first-order valence-corrected chi connectivity index (χ1v) is 10.3. The highest BCUT2D eigenvalue weighted by atomic mass is 16.2. The minimum absolute atomic E-state index is 0.254. The molecule has 1 atom stereocenters. The van der Waals surface area contributed by atoms with Crippen molar-refractivity contribution in [3.05, 3.63) is 35.9 Å². The molecule has 2 aliphatic rings. The number of likely N-dealkylation sites (N-methyl/N-ethyl adjacent to an activating group) is 2. The van der Waals surface area contributed by atoms with Gasteiger partial charge in [0.1, 0.15) is 0 Å². The van der Waals surface area contributed by atoms with Gasteiger partial charge in [0.25, 0.3) is 0 Å². The van der Waals surface area contributed by atoms with E-state index in [-0.39, 0.29) is 5.91 Å². The molecule has 0 N–H and O–H groups in total. The molecule has 2 heterocycles. The molecule has 0 bridgehead atoms. The molecule has 0 aliphatic carbocycles. The Morgan fingerprint density at radius 2 is 1.85 bits per heavy atom. The van der Waals surface area contributed by atoms with Gasteiger partial charge in [-0.25, -0.2) is 0 Å². The van der Waals surface area contributed by atoms with Crippen LogP contribution in [0.3, 0.4) is 0 Å². The fourth-order valence-electron chi connectivity index (χ4n) is 4.73. The van der Waals surface area contributed by atoms with Crippen molar-refractivity contribution in [3.8, 4) is 0 Å². The van der Waals surface area contributed by atoms with E-state index in [0.29, 0.717) is 17.9 Å². The molecule has 3 rings (SSSR count). The summed E-state index contributed by atoms with van der Waals surface area (Å²) in [5.41, 5.74) is 1.91. The van der Waals surface area contributed by atoms with E-state index in [1.807, 2.05) is 18.9 Å². The van der Waals surface area contributed by atoms with Crippen molar-refractivity contribution < 1.29 is 4.79 Å². The van der Waals surface area contributed by atoms with E-state index in [2.05, 4.69) is 47.1 Å². The summed E-state index contributed by atoms with van der Waals surface area (Å²) in [6.45, 7) is 11.4. The predicted molar refractivity (Wildman–Crippen MR) is 107 cm³/mol. The molecule has 0 aromatic heterocycles. The van der Waals surface area contributed by atoms with Gasteiger partial charge in [0.05, 0.1) is 6.54 Å². The Hall–Kier alpha value is -1.39. The van der Waals surface area contributed by atoms with Crippen molar-refractivity contribution in [1.82, 2.24) is 14.7 Å². The molecule has 0 saturated carbocycles. The number of likely N-dealkylation sites (tertiary alicyclic amines) is 2. The van der Waals surface area contributed by atoms with Crippen molar-refractivity contribution in [2.24, 2.45) is 5.41 Å². The van der Waals surface area contributed by atoms with Crippen molar-refractivity contribution >= 4 is 5.91 Å². The van der Waals surface area contributed by atoms with E-state index in [1.54, 1.807) is 0 Å². The second-order valence-corrected chi connectivity index (χ2v) is 8.32. The molecule has 2 saturated heterocycles. The van der Waals surface area contributed by atoms with Gasteiger partial charge in [-0.1, -0.05) is 37.3 Å². The van der Waals surface area contributed by atoms with Gasteiger partial charge in [-0.05, 0) is 62.7 Å². The standard InChI is InChI=1S/C22H35N3O/c1-4-23(3)21(26)17-25-13-11-22(12-14-25)15-20(16-24(5-2)18-22)19-9-7-6-8-10-19/h6-10,20H,4-5,11-18H2,1-3H3/t20-/m1/s1. The molecular weight excluding hydrogens is 322 g/mol. The van der Waals surface area contributed by atoms with Crippen LogP contribution in [0.1, 0.15) is 44.6 Å². The fourth-order valence-corrected chi connectivity index (χ4v) is 4.73. The number of carbonyl (C=O) groups excluding carboxylic acids is 1. The molecule has 1 aromatic carbocycles. The topological polar surface area (TPSA) is 26.8 Å². The average molecular weight is 358 g/mol.